The van der Waals surface area contributed by atoms with Gasteiger partial charge in [-0.05, 0) is 12.5 Å². The Bertz CT molecular complexity index is 445. The van der Waals surface area contributed by atoms with Gasteiger partial charge in [0.05, 0.1) is 0 Å². The summed E-state index contributed by atoms with van der Waals surface area (Å²) in [6, 6.07) is 1.85. The van der Waals surface area contributed by atoms with Crippen molar-refractivity contribution in [2.45, 2.75) is 32.6 Å². The van der Waals surface area contributed by atoms with E-state index in [2.05, 4.69) is 37.0 Å². The van der Waals surface area contributed by atoms with Gasteiger partial charge in [0.25, 0.3) is 0 Å². The van der Waals surface area contributed by atoms with Crippen molar-refractivity contribution in [3.05, 3.63) is 18.5 Å². The van der Waals surface area contributed by atoms with Crippen LogP contribution in [0.3, 0.4) is 0 Å². The average Bonchev–Trinajstić information content (AvgIpc) is 2.59. The van der Waals surface area contributed by atoms with E-state index in [1.807, 2.05) is 13.1 Å². The smallest absolute Gasteiger partial charge is 0.225 e. The monoisotopic (exact) mass is 432 g/mol. The molecule has 130 valence electrons. The summed E-state index contributed by atoms with van der Waals surface area (Å²) in [6.45, 7) is 7.01. The van der Waals surface area contributed by atoms with Crippen molar-refractivity contribution in [2.75, 3.05) is 44.7 Å². The SMILES string of the molecule is CCCCCCNC(=NC)N1CCN(c2ncccn2)CC1.I. The molecule has 0 amide bonds. The lowest BCUT2D eigenvalue weighted by Gasteiger charge is -2.36. The summed E-state index contributed by atoms with van der Waals surface area (Å²) in [5.41, 5.74) is 0. The number of anilines is 1. The molecule has 0 saturated carbocycles. The number of unbranched alkanes of at least 4 members (excludes halogenated alkanes) is 3. The first-order chi connectivity index (χ1) is 10.8. The molecular weight excluding hydrogens is 403 g/mol. The first-order valence-corrected chi connectivity index (χ1v) is 8.32. The summed E-state index contributed by atoms with van der Waals surface area (Å²) in [7, 11) is 1.86. The van der Waals surface area contributed by atoms with E-state index in [1.54, 1.807) is 12.4 Å². The van der Waals surface area contributed by atoms with Crippen LogP contribution in [0.5, 0.6) is 0 Å². The topological polar surface area (TPSA) is 56.7 Å². The first kappa shape index (κ1) is 19.9. The van der Waals surface area contributed by atoms with Gasteiger partial charge in [0.15, 0.2) is 5.96 Å². The molecule has 6 nitrogen and oxygen atoms in total. The van der Waals surface area contributed by atoms with Gasteiger partial charge in [0.1, 0.15) is 0 Å². The Balaban J connectivity index is 0.00000264. The van der Waals surface area contributed by atoms with Crippen LogP contribution in [0.15, 0.2) is 23.5 Å². The molecule has 1 saturated heterocycles. The highest BCUT2D eigenvalue weighted by atomic mass is 127. The lowest BCUT2D eigenvalue weighted by Crippen LogP contribution is -2.53. The van der Waals surface area contributed by atoms with E-state index in [0.717, 1.165) is 44.6 Å². The van der Waals surface area contributed by atoms with Crippen LogP contribution in [0.25, 0.3) is 0 Å². The zero-order chi connectivity index (χ0) is 15.6. The van der Waals surface area contributed by atoms with E-state index in [0.29, 0.717) is 0 Å². The number of nitrogens with one attached hydrogen (secondary N) is 1. The number of nitrogens with zero attached hydrogens (tertiary/aromatic N) is 5. The number of rotatable bonds is 6. The molecule has 0 unspecified atom stereocenters. The van der Waals surface area contributed by atoms with Crippen LogP contribution >= 0.6 is 24.0 Å². The molecule has 23 heavy (non-hydrogen) atoms. The predicted molar refractivity (Wildman–Crippen MR) is 107 cm³/mol. The molecule has 0 aromatic carbocycles. The Morgan fingerprint density at radius 1 is 1.13 bits per heavy atom. The summed E-state index contributed by atoms with van der Waals surface area (Å²) < 4.78 is 0. The van der Waals surface area contributed by atoms with Gasteiger partial charge in [-0.2, -0.15) is 0 Å². The number of hydrogen-bond acceptors (Lipinski definition) is 4. The molecule has 0 aliphatic carbocycles. The number of guanidine groups is 1. The van der Waals surface area contributed by atoms with E-state index in [1.165, 1.54) is 25.7 Å². The molecular formula is C16H29IN6. The molecule has 0 atom stereocenters. The van der Waals surface area contributed by atoms with Crippen molar-refractivity contribution in [1.82, 2.24) is 20.2 Å². The Morgan fingerprint density at radius 3 is 2.43 bits per heavy atom. The van der Waals surface area contributed by atoms with Crippen LogP contribution in [0, 0.1) is 0 Å². The molecule has 1 aromatic rings. The Labute approximate surface area is 156 Å². The quantitative estimate of drug-likeness (QED) is 0.324. The van der Waals surface area contributed by atoms with Gasteiger partial charge in [-0.3, -0.25) is 4.99 Å². The molecule has 7 heteroatoms. The highest BCUT2D eigenvalue weighted by Crippen LogP contribution is 2.09. The normalized spacial score (nSPS) is 15.3. The molecule has 0 spiro atoms. The van der Waals surface area contributed by atoms with E-state index < -0.39 is 0 Å². The van der Waals surface area contributed by atoms with E-state index >= 15 is 0 Å². The van der Waals surface area contributed by atoms with Crippen LogP contribution in [0.1, 0.15) is 32.6 Å². The molecule has 1 fully saturated rings. The van der Waals surface area contributed by atoms with Crippen LogP contribution in [0.4, 0.5) is 5.95 Å². The molecule has 1 N–H and O–H groups in total. The van der Waals surface area contributed by atoms with Crippen molar-refractivity contribution in [3.63, 3.8) is 0 Å². The second-order valence-electron chi connectivity index (χ2n) is 5.56. The maximum atomic E-state index is 4.41. The Kier molecular flexibility index (Phi) is 9.89. The Hall–Kier alpha value is -1.12. The molecule has 0 bridgehead atoms. The second kappa shape index (κ2) is 11.4. The van der Waals surface area contributed by atoms with Crippen molar-refractivity contribution in [1.29, 1.82) is 0 Å². The molecule has 1 aliphatic rings. The third-order valence-electron chi connectivity index (χ3n) is 3.94. The molecule has 2 heterocycles. The molecule has 1 aromatic heterocycles. The number of halogens is 1. The number of piperazine rings is 1. The van der Waals surface area contributed by atoms with Gasteiger partial charge in [0, 0.05) is 52.2 Å². The maximum Gasteiger partial charge on any atom is 0.225 e. The molecule has 0 radical (unpaired) electrons. The van der Waals surface area contributed by atoms with Crippen molar-refractivity contribution in [3.8, 4) is 0 Å². The third kappa shape index (κ3) is 6.48. The lowest BCUT2D eigenvalue weighted by molar-refractivity contribution is 0.369. The van der Waals surface area contributed by atoms with Crippen LogP contribution in [0.2, 0.25) is 0 Å². The van der Waals surface area contributed by atoms with Gasteiger partial charge < -0.3 is 15.1 Å². The van der Waals surface area contributed by atoms with Gasteiger partial charge in [-0.15, -0.1) is 24.0 Å². The number of aliphatic imine (C=N–C) groups is 1. The minimum absolute atomic E-state index is 0. The van der Waals surface area contributed by atoms with Gasteiger partial charge in [-0.25, -0.2) is 9.97 Å². The summed E-state index contributed by atoms with van der Waals surface area (Å²) in [4.78, 5) is 17.6. The van der Waals surface area contributed by atoms with Crippen molar-refractivity contribution in [2.24, 2.45) is 4.99 Å². The minimum Gasteiger partial charge on any atom is -0.356 e. The summed E-state index contributed by atoms with van der Waals surface area (Å²) in [5, 5.41) is 3.48. The van der Waals surface area contributed by atoms with Crippen LogP contribution < -0.4 is 10.2 Å². The Morgan fingerprint density at radius 2 is 1.83 bits per heavy atom. The van der Waals surface area contributed by atoms with Gasteiger partial charge in [0.2, 0.25) is 5.95 Å². The predicted octanol–water partition coefficient (Wildman–Crippen LogP) is 2.37. The highest BCUT2D eigenvalue weighted by molar-refractivity contribution is 14.0. The van der Waals surface area contributed by atoms with E-state index in [9.17, 15) is 0 Å². The lowest BCUT2D eigenvalue weighted by atomic mass is 10.2. The number of hydrogen-bond donors (Lipinski definition) is 1. The minimum atomic E-state index is 0. The van der Waals surface area contributed by atoms with Crippen LogP contribution in [-0.2, 0) is 0 Å². The third-order valence-corrected chi connectivity index (χ3v) is 3.94. The van der Waals surface area contributed by atoms with Gasteiger partial charge >= 0.3 is 0 Å². The molecule has 2 rings (SSSR count). The average molecular weight is 432 g/mol. The number of aromatic nitrogens is 2. The fourth-order valence-corrected chi connectivity index (χ4v) is 2.66. The fraction of sp³-hybridized carbons (Fsp3) is 0.688. The standard InChI is InChI=1S/C16H28N6.HI/c1-3-4-5-6-8-18-15(17-2)21-11-13-22(14-12-21)16-19-9-7-10-20-16;/h7,9-10H,3-6,8,11-14H2,1-2H3,(H,17,18);1H. The van der Waals surface area contributed by atoms with Crippen molar-refractivity contribution < 1.29 is 0 Å². The first-order valence-electron chi connectivity index (χ1n) is 8.32. The maximum absolute atomic E-state index is 4.41. The zero-order valence-electron chi connectivity index (χ0n) is 14.2. The summed E-state index contributed by atoms with van der Waals surface area (Å²) in [5.74, 6) is 1.84. The highest BCUT2D eigenvalue weighted by Gasteiger charge is 2.20. The summed E-state index contributed by atoms with van der Waals surface area (Å²) in [6.07, 6.45) is 8.69. The van der Waals surface area contributed by atoms with Crippen LogP contribution in [-0.4, -0.2) is 60.6 Å². The molecule has 1 aliphatic heterocycles. The fourth-order valence-electron chi connectivity index (χ4n) is 2.66. The van der Waals surface area contributed by atoms with Crippen molar-refractivity contribution >= 4 is 35.9 Å². The van der Waals surface area contributed by atoms with Gasteiger partial charge in [-0.1, -0.05) is 26.2 Å². The zero-order valence-corrected chi connectivity index (χ0v) is 16.6. The van der Waals surface area contributed by atoms with E-state index in [-0.39, 0.29) is 24.0 Å². The van der Waals surface area contributed by atoms with E-state index in [4.69, 9.17) is 0 Å². The largest absolute Gasteiger partial charge is 0.356 e. The second-order valence-corrected chi connectivity index (χ2v) is 5.56. The summed E-state index contributed by atoms with van der Waals surface area (Å²) >= 11 is 0.